The molecule has 0 amide bonds. The highest BCUT2D eigenvalue weighted by Crippen LogP contribution is 2.07. The van der Waals surface area contributed by atoms with Crippen molar-refractivity contribution in [3.63, 3.8) is 0 Å². The molecule has 0 saturated heterocycles. The van der Waals surface area contributed by atoms with Crippen molar-refractivity contribution < 1.29 is 4.74 Å². The summed E-state index contributed by atoms with van der Waals surface area (Å²) in [6.07, 6.45) is 2.75. The van der Waals surface area contributed by atoms with Gasteiger partial charge in [0.05, 0.1) is 12.6 Å². The highest BCUT2D eigenvalue weighted by Gasteiger charge is 2.12. The predicted octanol–water partition coefficient (Wildman–Crippen LogP) is 0.334. The predicted molar refractivity (Wildman–Crippen MR) is 49.1 cm³/mol. The van der Waals surface area contributed by atoms with E-state index in [1.807, 2.05) is 4.57 Å². The SMILES string of the molecule is CCCn1cnnc1C(N)COC. The van der Waals surface area contributed by atoms with Gasteiger partial charge in [-0.3, -0.25) is 0 Å². The van der Waals surface area contributed by atoms with Gasteiger partial charge in [-0.25, -0.2) is 0 Å². The molecule has 0 aliphatic carbocycles. The molecule has 2 N–H and O–H groups in total. The molecule has 0 aliphatic rings. The first kappa shape index (κ1) is 10.1. The summed E-state index contributed by atoms with van der Waals surface area (Å²) in [6, 6.07) is -0.181. The number of nitrogens with zero attached hydrogens (tertiary/aromatic N) is 3. The van der Waals surface area contributed by atoms with Gasteiger partial charge in [0.1, 0.15) is 6.33 Å². The Morgan fingerprint density at radius 1 is 1.69 bits per heavy atom. The Bertz CT molecular complexity index is 248. The molecule has 0 saturated carbocycles. The van der Waals surface area contributed by atoms with Crippen molar-refractivity contribution in [3.8, 4) is 0 Å². The fourth-order valence-corrected chi connectivity index (χ4v) is 1.22. The average molecular weight is 184 g/mol. The molecule has 0 spiro atoms. The molecule has 74 valence electrons. The highest BCUT2D eigenvalue weighted by atomic mass is 16.5. The van der Waals surface area contributed by atoms with Crippen LogP contribution in [-0.4, -0.2) is 28.5 Å². The minimum Gasteiger partial charge on any atom is -0.383 e. The fraction of sp³-hybridized carbons (Fsp3) is 0.750. The van der Waals surface area contributed by atoms with E-state index in [4.69, 9.17) is 10.5 Å². The number of hydrogen-bond donors (Lipinski definition) is 1. The average Bonchev–Trinajstić information content (AvgIpc) is 2.54. The molecule has 0 aliphatic heterocycles. The molecule has 1 aromatic heterocycles. The second-order valence-electron chi connectivity index (χ2n) is 2.94. The number of hydrogen-bond acceptors (Lipinski definition) is 4. The number of methoxy groups -OCH3 is 1. The third kappa shape index (κ3) is 2.50. The van der Waals surface area contributed by atoms with E-state index in [2.05, 4.69) is 17.1 Å². The van der Waals surface area contributed by atoms with Crippen LogP contribution in [0.5, 0.6) is 0 Å². The van der Waals surface area contributed by atoms with Crippen molar-refractivity contribution in [3.05, 3.63) is 12.2 Å². The minimum atomic E-state index is -0.181. The zero-order valence-electron chi connectivity index (χ0n) is 8.10. The van der Waals surface area contributed by atoms with Crippen LogP contribution in [0.25, 0.3) is 0 Å². The van der Waals surface area contributed by atoms with Crippen molar-refractivity contribution in [2.45, 2.75) is 25.9 Å². The fourth-order valence-electron chi connectivity index (χ4n) is 1.22. The van der Waals surface area contributed by atoms with Crippen LogP contribution in [0.4, 0.5) is 0 Å². The third-order valence-electron chi connectivity index (χ3n) is 1.79. The Hall–Kier alpha value is -0.940. The van der Waals surface area contributed by atoms with Crippen LogP contribution in [0, 0.1) is 0 Å². The molecule has 0 bridgehead atoms. The third-order valence-corrected chi connectivity index (χ3v) is 1.79. The number of ether oxygens (including phenoxy) is 1. The molecule has 1 atom stereocenters. The van der Waals surface area contributed by atoms with E-state index < -0.39 is 0 Å². The van der Waals surface area contributed by atoms with Crippen LogP contribution in [0.3, 0.4) is 0 Å². The van der Waals surface area contributed by atoms with Crippen molar-refractivity contribution in [2.24, 2.45) is 5.73 Å². The topological polar surface area (TPSA) is 66.0 Å². The maximum atomic E-state index is 5.83. The number of rotatable bonds is 5. The van der Waals surface area contributed by atoms with Crippen LogP contribution in [0.1, 0.15) is 25.2 Å². The van der Waals surface area contributed by atoms with Crippen LogP contribution in [0.15, 0.2) is 6.33 Å². The van der Waals surface area contributed by atoms with Crippen molar-refractivity contribution in [1.29, 1.82) is 0 Å². The summed E-state index contributed by atoms with van der Waals surface area (Å²) in [5.74, 6) is 0.795. The van der Waals surface area contributed by atoms with Gasteiger partial charge in [0.2, 0.25) is 0 Å². The van der Waals surface area contributed by atoms with E-state index >= 15 is 0 Å². The first-order chi connectivity index (χ1) is 6.29. The van der Waals surface area contributed by atoms with E-state index in [0.717, 1.165) is 18.8 Å². The summed E-state index contributed by atoms with van der Waals surface area (Å²) in [6.45, 7) is 3.48. The quantitative estimate of drug-likeness (QED) is 0.716. The smallest absolute Gasteiger partial charge is 0.152 e. The molecule has 1 heterocycles. The lowest BCUT2D eigenvalue weighted by atomic mass is 10.3. The van der Waals surface area contributed by atoms with Crippen molar-refractivity contribution >= 4 is 0 Å². The molecule has 1 rings (SSSR count). The normalized spacial score (nSPS) is 13.2. The van der Waals surface area contributed by atoms with Crippen molar-refractivity contribution in [1.82, 2.24) is 14.8 Å². The Kier molecular flexibility index (Phi) is 3.85. The molecule has 5 nitrogen and oxygen atoms in total. The van der Waals surface area contributed by atoms with Crippen LogP contribution in [-0.2, 0) is 11.3 Å². The standard InChI is InChI=1S/C8H16N4O/c1-3-4-12-6-10-11-8(12)7(9)5-13-2/h6-7H,3-5,9H2,1-2H3. The number of aryl methyl sites for hydroxylation is 1. The molecule has 1 unspecified atom stereocenters. The lowest BCUT2D eigenvalue weighted by Crippen LogP contribution is -2.21. The van der Waals surface area contributed by atoms with E-state index in [-0.39, 0.29) is 6.04 Å². The van der Waals surface area contributed by atoms with E-state index in [0.29, 0.717) is 6.61 Å². The first-order valence-corrected chi connectivity index (χ1v) is 4.41. The van der Waals surface area contributed by atoms with Gasteiger partial charge >= 0.3 is 0 Å². The minimum absolute atomic E-state index is 0.181. The lowest BCUT2D eigenvalue weighted by Gasteiger charge is -2.10. The Morgan fingerprint density at radius 2 is 2.46 bits per heavy atom. The van der Waals surface area contributed by atoms with Gasteiger partial charge < -0.3 is 15.0 Å². The lowest BCUT2D eigenvalue weighted by molar-refractivity contribution is 0.176. The monoisotopic (exact) mass is 184 g/mol. The molecule has 0 radical (unpaired) electrons. The van der Waals surface area contributed by atoms with E-state index in [1.165, 1.54) is 0 Å². The summed E-state index contributed by atoms with van der Waals surface area (Å²) in [7, 11) is 1.63. The molecule has 13 heavy (non-hydrogen) atoms. The second kappa shape index (κ2) is 4.94. The number of aromatic nitrogens is 3. The van der Waals surface area contributed by atoms with Gasteiger partial charge in [-0.15, -0.1) is 10.2 Å². The van der Waals surface area contributed by atoms with Gasteiger partial charge in [-0.1, -0.05) is 6.92 Å². The molecular formula is C8H16N4O. The van der Waals surface area contributed by atoms with Gasteiger partial charge in [0.25, 0.3) is 0 Å². The highest BCUT2D eigenvalue weighted by molar-refractivity contribution is 4.93. The Balaban J connectivity index is 2.68. The first-order valence-electron chi connectivity index (χ1n) is 4.41. The number of nitrogens with two attached hydrogens (primary N) is 1. The van der Waals surface area contributed by atoms with Gasteiger partial charge in [0.15, 0.2) is 5.82 Å². The van der Waals surface area contributed by atoms with Gasteiger partial charge in [-0.05, 0) is 6.42 Å². The molecule has 5 heteroatoms. The summed E-state index contributed by atoms with van der Waals surface area (Å²) < 4.78 is 6.92. The molecular weight excluding hydrogens is 168 g/mol. The van der Waals surface area contributed by atoms with Crippen LogP contribution in [0.2, 0.25) is 0 Å². The molecule has 1 aromatic rings. The largest absolute Gasteiger partial charge is 0.383 e. The zero-order valence-corrected chi connectivity index (χ0v) is 8.10. The van der Waals surface area contributed by atoms with Crippen LogP contribution < -0.4 is 5.73 Å². The second-order valence-corrected chi connectivity index (χ2v) is 2.94. The molecule has 0 aromatic carbocycles. The summed E-state index contributed by atoms with van der Waals surface area (Å²) >= 11 is 0. The summed E-state index contributed by atoms with van der Waals surface area (Å²) in [4.78, 5) is 0. The van der Waals surface area contributed by atoms with E-state index in [1.54, 1.807) is 13.4 Å². The Labute approximate surface area is 77.9 Å². The summed E-state index contributed by atoms with van der Waals surface area (Å²) in [5.41, 5.74) is 5.83. The zero-order chi connectivity index (χ0) is 9.68. The summed E-state index contributed by atoms with van der Waals surface area (Å²) in [5, 5.41) is 7.78. The van der Waals surface area contributed by atoms with E-state index in [9.17, 15) is 0 Å². The van der Waals surface area contributed by atoms with Gasteiger partial charge in [0, 0.05) is 13.7 Å². The maximum absolute atomic E-state index is 5.83. The van der Waals surface area contributed by atoms with Crippen LogP contribution >= 0.6 is 0 Å². The maximum Gasteiger partial charge on any atom is 0.152 e. The Morgan fingerprint density at radius 3 is 3.08 bits per heavy atom. The van der Waals surface area contributed by atoms with Gasteiger partial charge in [-0.2, -0.15) is 0 Å². The van der Waals surface area contributed by atoms with Crippen molar-refractivity contribution in [2.75, 3.05) is 13.7 Å². The molecule has 0 fully saturated rings.